The Morgan fingerprint density at radius 3 is 2.60 bits per heavy atom. The van der Waals surface area contributed by atoms with Crippen LogP contribution in [0.2, 0.25) is 0 Å². The van der Waals surface area contributed by atoms with E-state index in [0.29, 0.717) is 5.69 Å². The molecule has 2 aromatic rings. The highest BCUT2D eigenvalue weighted by Crippen LogP contribution is 2.14. The van der Waals surface area contributed by atoms with E-state index in [1.807, 2.05) is 32.0 Å². The van der Waals surface area contributed by atoms with Crippen LogP contribution in [0.4, 0.5) is 5.69 Å². The second-order valence-corrected chi connectivity index (χ2v) is 4.55. The van der Waals surface area contributed by atoms with E-state index in [2.05, 4.69) is 10.4 Å². The number of amides is 1. The molecule has 0 fully saturated rings. The number of aromatic nitrogens is 2. The average Bonchev–Trinajstić information content (AvgIpc) is 2.82. The highest BCUT2D eigenvalue weighted by molar-refractivity contribution is 5.90. The third-order valence-electron chi connectivity index (χ3n) is 2.96. The Kier molecular flexibility index (Phi) is 3.84. The number of hydrogen-bond acceptors (Lipinski definition) is 3. The van der Waals surface area contributed by atoms with Crippen LogP contribution in [0.3, 0.4) is 0 Å². The fraction of sp³-hybridized carbons (Fsp3) is 0.214. The molecule has 0 saturated heterocycles. The van der Waals surface area contributed by atoms with Gasteiger partial charge in [-0.25, -0.2) is 4.79 Å². The number of carbonyl (C=O) groups excluding carboxylic acids is 1. The third kappa shape index (κ3) is 3.23. The first-order chi connectivity index (χ1) is 9.45. The Morgan fingerprint density at radius 2 is 2.00 bits per heavy atom. The molecule has 1 heterocycles. The summed E-state index contributed by atoms with van der Waals surface area (Å²) < 4.78 is 1.29. The van der Waals surface area contributed by atoms with Crippen molar-refractivity contribution in [2.24, 2.45) is 0 Å². The van der Waals surface area contributed by atoms with Gasteiger partial charge in [0.25, 0.3) is 0 Å². The molecule has 20 heavy (non-hydrogen) atoms. The first kappa shape index (κ1) is 13.8. The lowest BCUT2D eigenvalue weighted by Crippen LogP contribution is -2.19. The van der Waals surface area contributed by atoms with Crippen LogP contribution in [-0.4, -0.2) is 26.8 Å². The van der Waals surface area contributed by atoms with Crippen molar-refractivity contribution < 1.29 is 14.7 Å². The zero-order valence-electron chi connectivity index (χ0n) is 11.3. The third-order valence-corrected chi connectivity index (χ3v) is 2.96. The molecule has 0 spiro atoms. The molecule has 1 amide bonds. The molecule has 6 nitrogen and oxygen atoms in total. The van der Waals surface area contributed by atoms with Gasteiger partial charge in [-0.05, 0) is 43.2 Å². The lowest BCUT2D eigenvalue weighted by atomic mass is 10.1. The summed E-state index contributed by atoms with van der Waals surface area (Å²) in [5.41, 5.74) is 2.88. The molecule has 2 rings (SSSR count). The number of rotatable bonds is 4. The minimum Gasteiger partial charge on any atom is -0.476 e. The van der Waals surface area contributed by atoms with E-state index in [-0.39, 0.29) is 18.1 Å². The lowest BCUT2D eigenvalue weighted by Gasteiger charge is -2.07. The molecule has 6 heteroatoms. The van der Waals surface area contributed by atoms with Gasteiger partial charge in [-0.2, -0.15) is 5.10 Å². The molecule has 0 aliphatic rings. The summed E-state index contributed by atoms with van der Waals surface area (Å²) in [5.74, 6) is -1.37. The van der Waals surface area contributed by atoms with Gasteiger partial charge in [0.1, 0.15) is 6.54 Å². The summed E-state index contributed by atoms with van der Waals surface area (Å²) >= 11 is 0. The minimum atomic E-state index is -1.11. The van der Waals surface area contributed by atoms with Crippen molar-refractivity contribution in [2.45, 2.75) is 20.4 Å². The molecular weight excluding hydrogens is 258 g/mol. The monoisotopic (exact) mass is 273 g/mol. The maximum atomic E-state index is 11.8. The molecule has 0 aliphatic heterocycles. The van der Waals surface area contributed by atoms with Gasteiger partial charge >= 0.3 is 5.97 Å². The average molecular weight is 273 g/mol. The van der Waals surface area contributed by atoms with E-state index >= 15 is 0 Å². The fourth-order valence-electron chi connectivity index (χ4n) is 1.73. The molecule has 104 valence electrons. The molecule has 2 N–H and O–H groups in total. The maximum absolute atomic E-state index is 11.8. The summed E-state index contributed by atoms with van der Waals surface area (Å²) in [6, 6.07) is 7.00. The summed E-state index contributed by atoms with van der Waals surface area (Å²) in [6.45, 7) is 3.94. The largest absolute Gasteiger partial charge is 0.476 e. The predicted octanol–water partition coefficient (Wildman–Crippen LogP) is 1.84. The number of carboxylic acid groups (broad SMARTS) is 1. The van der Waals surface area contributed by atoms with Gasteiger partial charge in [-0.3, -0.25) is 9.48 Å². The van der Waals surface area contributed by atoms with Crippen LogP contribution >= 0.6 is 0 Å². The summed E-state index contributed by atoms with van der Waals surface area (Å²) in [5, 5.41) is 15.3. The lowest BCUT2D eigenvalue weighted by molar-refractivity contribution is -0.116. The first-order valence-corrected chi connectivity index (χ1v) is 6.09. The van der Waals surface area contributed by atoms with Gasteiger partial charge < -0.3 is 10.4 Å². The maximum Gasteiger partial charge on any atom is 0.356 e. The highest BCUT2D eigenvalue weighted by atomic mass is 16.4. The van der Waals surface area contributed by atoms with Gasteiger partial charge in [0, 0.05) is 11.9 Å². The molecule has 0 saturated carbocycles. The van der Waals surface area contributed by atoms with Crippen molar-refractivity contribution in [2.75, 3.05) is 5.32 Å². The smallest absolute Gasteiger partial charge is 0.356 e. The number of carboxylic acids is 1. The second-order valence-electron chi connectivity index (χ2n) is 4.55. The van der Waals surface area contributed by atoms with Crippen LogP contribution in [0.25, 0.3) is 0 Å². The Labute approximate surface area is 116 Å². The normalized spacial score (nSPS) is 10.3. The molecule has 0 radical (unpaired) electrons. The molecule has 0 unspecified atom stereocenters. The standard InChI is InChI=1S/C14H15N3O3/c1-9-3-4-11(7-10(9)2)15-13(18)8-17-6-5-12(16-17)14(19)20/h3-7H,8H2,1-2H3,(H,15,18)(H,19,20). The van der Waals surface area contributed by atoms with E-state index in [1.54, 1.807) is 0 Å². The molecule has 1 aromatic heterocycles. The molecule has 0 atom stereocenters. The molecule has 0 aliphatic carbocycles. The number of hydrogen-bond donors (Lipinski definition) is 2. The van der Waals surface area contributed by atoms with Crippen molar-refractivity contribution in [3.05, 3.63) is 47.3 Å². The molecular formula is C14H15N3O3. The number of nitrogens with one attached hydrogen (secondary N) is 1. The molecule has 1 aromatic carbocycles. The van der Waals surface area contributed by atoms with Crippen molar-refractivity contribution in [1.82, 2.24) is 9.78 Å². The number of carbonyl (C=O) groups is 2. The number of anilines is 1. The van der Waals surface area contributed by atoms with Crippen molar-refractivity contribution >= 4 is 17.6 Å². The van der Waals surface area contributed by atoms with Gasteiger partial charge in [-0.15, -0.1) is 0 Å². The molecule has 0 bridgehead atoms. The Morgan fingerprint density at radius 1 is 1.25 bits per heavy atom. The zero-order valence-corrected chi connectivity index (χ0v) is 11.3. The quantitative estimate of drug-likeness (QED) is 0.890. The van der Waals surface area contributed by atoms with E-state index in [4.69, 9.17) is 5.11 Å². The SMILES string of the molecule is Cc1ccc(NC(=O)Cn2ccc(C(=O)O)n2)cc1C. The summed E-state index contributed by atoms with van der Waals surface area (Å²) in [6.07, 6.45) is 1.46. The number of benzene rings is 1. The Bertz CT molecular complexity index is 661. The topological polar surface area (TPSA) is 84.2 Å². The van der Waals surface area contributed by atoms with E-state index < -0.39 is 5.97 Å². The van der Waals surface area contributed by atoms with Crippen LogP contribution in [0.15, 0.2) is 30.5 Å². The Hall–Kier alpha value is -2.63. The van der Waals surface area contributed by atoms with Crippen LogP contribution in [0, 0.1) is 13.8 Å². The van der Waals surface area contributed by atoms with E-state index in [9.17, 15) is 9.59 Å². The van der Waals surface area contributed by atoms with Crippen LogP contribution in [-0.2, 0) is 11.3 Å². The minimum absolute atomic E-state index is 0.0276. The summed E-state index contributed by atoms with van der Waals surface area (Å²) in [7, 11) is 0. The van der Waals surface area contributed by atoms with Crippen LogP contribution < -0.4 is 5.32 Å². The fourth-order valence-corrected chi connectivity index (χ4v) is 1.73. The van der Waals surface area contributed by atoms with Crippen molar-refractivity contribution in [3.63, 3.8) is 0 Å². The summed E-state index contributed by atoms with van der Waals surface area (Å²) in [4.78, 5) is 22.5. The Balaban J connectivity index is 2.01. The van der Waals surface area contributed by atoms with Gasteiger partial charge in [0.2, 0.25) is 5.91 Å². The second kappa shape index (κ2) is 5.56. The zero-order chi connectivity index (χ0) is 14.7. The number of aryl methyl sites for hydroxylation is 2. The predicted molar refractivity (Wildman–Crippen MR) is 73.7 cm³/mol. The first-order valence-electron chi connectivity index (χ1n) is 6.09. The number of nitrogens with zero attached hydrogens (tertiary/aromatic N) is 2. The number of aromatic carboxylic acids is 1. The van der Waals surface area contributed by atoms with E-state index in [0.717, 1.165) is 11.1 Å². The van der Waals surface area contributed by atoms with Crippen molar-refractivity contribution in [1.29, 1.82) is 0 Å². The van der Waals surface area contributed by atoms with Crippen LogP contribution in [0.1, 0.15) is 21.6 Å². The van der Waals surface area contributed by atoms with Gasteiger partial charge in [0.15, 0.2) is 5.69 Å². The highest BCUT2D eigenvalue weighted by Gasteiger charge is 2.09. The van der Waals surface area contributed by atoms with E-state index in [1.165, 1.54) is 16.9 Å². The van der Waals surface area contributed by atoms with Crippen LogP contribution in [0.5, 0.6) is 0 Å². The van der Waals surface area contributed by atoms with Gasteiger partial charge in [-0.1, -0.05) is 6.07 Å². The van der Waals surface area contributed by atoms with Gasteiger partial charge in [0.05, 0.1) is 0 Å². The van der Waals surface area contributed by atoms with Crippen molar-refractivity contribution in [3.8, 4) is 0 Å².